The van der Waals surface area contributed by atoms with Crippen molar-refractivity contribution in [2.24, 2.45) is 0 Å². The summed E-state index contributed by atoms with van der Waals surface area (Å²) in [5.41, 5.74) is 3.33. The highest BCUT2D eigenvalue weighted by Gasteiger charge is 2.16. The number of carbonyl (C=O) groups is 1. The molecule has 2 heterocycles. The Bertz CT molecular complexity index is 991. The SMILES string of the molecule is Cc1ccc(CN2CCCN(c3ccc(NC(=O)COc4ccccc4)cn3)CC2)cc1. The van der Waals surface area contributed by atoms with Crippen molar-refractivity contribution in [3.8, 4) is 5.75 Å². The number of anilines is 2. The Kier molecular flexibility index (Phi) is 7.35. The zero-order valence-corrected chi connectivity index (χ0v) is 18.5. The standard InChI is InChI=1S/C26H30N4O2/c1-21-8-10-22(11-9-21)19-29-14-5-15-30(17-16-29)25-13-12-23(18-27-25)28-26(31)20-32-24-6-3-2-4-7-24/h2-4,6-13,18H,5,14-17,19-20H2,1H3,(H,28,31). The Labute approximate surface area is 189 Å². The van der Waals surface area contributed by atoms with Gasteiger partial charge in [-0.2, -0.15) is 0 Å². The molecule has 6 nitrogen and oxygen atoms in total. The summed E-state index contributed by atoms with van der Waals surface area (Å²) < 4.78 is 5.49. The molecule has 1 aromatic heterocycles. The van der Waals surface area contributed by atoms with E-state index in [1.165, 1.54) is 11.1 Å². The van der Waals surface area contributed by atoms with Crippen LogP contribution in [0.3, 0.4) is 0 Å². The summed E-state index contributed by atoms with van der Waals surface area (Å²) in [7, 11) is 0. The van der Waals surface area contributed by atoms with E-state index in [1.54, 1.807) is 6.20 Å². The maximum Gasteiger partial charge on any atom is 0.262 e. The molecule has 3 aromatic rings. The predicted octanol–water partition coefficient (Wildman–Crippen LogP) is 4.12. The zero-order valence-electron chi connectivity index (χ0n) is 18.5. The monoisotopic (exact) mass is 430 g/mol. The van der Waals surface area contributed by atoms with Crippen molar-refractivity contribution >= 4 is 17.4 Å². The first-order valence-electron chi connectivity index (χ1n) is 11.1. The van der Waals surface area contributed by atoms with Crippen LogP contribution >= 0.6 is 0 Å². The van der Waals surface area contributed by atoms with Crippen molar-refractivity contribution in [3.05, 3.63) is 84.1 Å². The van der Waals surface area contributed by atoms with Gasteiger partial charge in [-0.25, -0.2) is 4.98 Å². The molecule has 1 amide bonds. The van der Waals surface area contributed by atoms with Gasteiger partial charge >= 0.3 is 0 Å². The number of nitrogens with one attached hydrogen (secondary N) is 1. The van der Waals surface area contributed by atoms with Crippen LogP contribution in [0.15, 0.2) is 72.9 Å². The number of aromatic nitrogens is 1. The third-order valence-corrected chi connectivity index (χ3v) is 5.58. The molecular weight excluding hydrogens is 400 g/mol. The molecule has 32 heavy (non-hydrogen) atoms. The smallest absolute Gasteiger partial charge is 0.262 e. The van der Waals surface area contributed by atoms with Crippen LogP contribution in [0.2, 0.25) is 0 Å². The lowest BCUT2D eigenvalue weighted by atomic mass is 10.1. The third kappa shape index (κ3) is 6.31. The molecule has 0 aliphatic carbocycles. The zero-order chi connectivity index (χ0) is 22.2. The first-order chi connectivity index (χ1) is 15.7. The van der Waals surface area contributed by atoms with Crippen LogP contribution in [-0.2, 0) is 11.3 Å². The van der Waals surface area contributed by atoms with Crippen LogP contribution in [0.5, 0.6) is 5.75 Å². The number of hydrogen-bond acceptors (Lipinski definition) is 5. The van der Waals surface area contributed by atoms with Gasteiger partial charge in [0.05, 0.1) is 11.9 Å². The lowest BCUT2D eigenvalue weighted by molar-refractivity contribution is -0.118. The van der Waals surface area contributed by atoms with Gasteiger partial charge < -0.3 is 15.0 Å². The summed E-state index contributed by atoms with van der Waals surface area (Å²) in [6.07, 6.45) is 2.81. The van der Waals surface area contributed by atoms with E-state index < -0.39 is 0 Å². The van der Waals surface area contributed by atoms with Gasteiger partial charge in [-0.05, 0) is 43.2 Å². The summed E-state index contributed by atoms with van der Waals surface area (Å²) in [6.45, 7) is 7.08. The van der Waals surface area contributed by atoms with Crippen molar-refractivity contribution in [2.45, 2.75) is 19.9 Å². The highest BCUT2D eigenvalue weighted by atomic mass is 16.5. The number of benzene rings is 2. The normalized spacial score (nSPS) is 14.6. The molecule has 0 unspecified atom stereocenters. The number of amides is 1. The number of ether oxygens (including phenoxy) is 1. The maximum absolute atomic E-state index is 12.1. The second-order valence-electron chi connectivity index (χ2n) is 8.16. The van der Waals surface area contributed by atoms with Gasteiger partial charge in [-0.3, -0.25) is 9.69 Å². The van der Waals surface area contributed by atoms with E-state index in [0.29, 0.717) is 11.4 Å². The van der Waals surface area contributed by atoms with Crippen LogP contribution in [-0.4, -0.2) is 48.6 Å². The Hall–Kier alpha value is -3.38. The van der Waals surface area contributed by atoms with Gasteiger partial charge in [0.25, 0.3) is 5.91 Å². The topological polar surface area (TPSA) is 57.7 Å². The van der Waals surface area contributed by atoms with Gasteiger partial charge in [0.1, 0.15) is 11.6 Å². The van der Waals surface area contributed by atoms with Gasteiger partial charge in [0.2, 0.25) is 0 Å². The summed E-state index contributed by atoms with van der Waals surface area (Å²) in [4.78, 5) is 21.6. The predicted molar refractivity (Wildman–Crippen MR) is 128 cm³/mol. The second-order valence-corrected chi connectivity index (χ2v) is 8.16. The van der Waals surface area contributed by atoms with Gasteiger partial charge in [0.15, 0.2) is 6.61 Å². The largest absolute Gasteiger partial charge is 0.484 e. The minimum Gasteiger partial charge on any atom is -0.484 e. The van der Waals surface area contributed by atoms with Crippen molar-refractivity contribution in [3.63, 3.8) is 0 Å². The fourth-order valence-electron chi connectivity index (χ4n) is 3.82. The fraction of sp³-hybridized carbons (Fsp3) is 0.308. The number of rotatable bonds is 7. The van der Waals surface area contributed by atoms with E-state index in [2.05, 4.69) is 51.3 Å². The average Bonchev–Trinajstić information content (AvgIpc) is 3.06. The molecule has 1 fully saturated rings. The molecule has 0 radical (unpaired) electrons. The molecule has 0 spiro atoms. The minimum atomic E-state index is -0.204. The number of para-hydroxylation sites is 1. The first-order valence-corrected chi connectivity index (χ1v) is 11.1. The van der Waals surface area contributed by atoms with E-state index in [9.17, 15) is 4.79 Å². The second kappa shape index (κ2) is 10.8. The molecule has 1 saturated heterocycles. The molecule has 4 rings (SSSR count). The number of carbonyl (C=O) groups excluding carboxylic acids is 1. The molecule has 6 heteroatoms. The molecule has 166 valence electrons. The third-order valence-electron chi connectivity index (χ3n) is 5.58. The average molecular weight is 431 g/mol. The molecule has 0 saturated carbocycles. The van der Waals surface area contributed by atoms with E-state index in [1.807, 2.05) is 42.5 Å². The van der Waals surface area contributed by atoms with Crippen molar-refractivity contribution < 1.29 is 9.53 Å². The molecule has 1 aliphatic heterocycles. The Morgan fingerprint density at radius 1 is 0.969 bits per heavy atom. The number of nitrogens with zero attached hydrogens (tertiary/aromatic N) is 3. The van der Waals surface area contributed by atoms with E-state index >= 15 is 0 Å². The van der Waals surface area contributed by atoms with Crippen LogP contribution in [0.1, 0.15) is 17.5 Å². The fourth-order valence-corrected chi connectivity index (χ4v) is 3.82. The Balaban J connectivity index is 1.26. The van der Waals surface area contributed by atoms with Crippen molar-refractivity contribution in [1.82, 2.24) is 9.88 Å². The van der Waals surface area contributed by atoms with Gasteiger partial charge in [-0.15, -0.1) is 0 Å². The molecule has 2 aromatic carbocycles. The molecule has 1 aliphatic rings. The lowest BCUT2D eigenvalue weighted by Crippen LogP contribution is -2.31. The molecule has 0 atom stereocenters. The van der Waals surface area contributed by atoms with E-state index in [-0.39, 0.29) is 12.5 Å². The summed E-state index contributed by atoms with van der Waals surface area (Å²) in [6, 6.07) is 22.0. The summed E-state index contributed by atoms with van der Waals surface area (Å²) >= 11 is 0. The molecule has 1 N–H and O–H groups in total. The van der Waals surface area contributed by atoms with Crippen molar-refractivity contribution in [2.75, 3.05) is 43.0 Å². The maximum atomic E-state index is 12.1. The number of aryl methyl sites for hydroxylation is 1. The van der Waals surface area contributed by atoms with Crippen LogP contribution in [0.25, 0.3) is 0 Å². The number of pyridine rings is 1. The summed E-state index contributed by atoms with van der Waals surface area (Å²) in [5, 5.41) is 2.84. The lowest BCUT2D eigenvalue weighted by Gasteiger charge is -2.23. The highest BCUT2D eigenvalue weighted by Crippen LogP contribution is 2.18. The Morgan fingerprint density at radius 3 is 2.53 bits per heavy atom. The van der Waals surface area contributed by atoms with E-state index in [0.717, 1.165) is 45.0 Å². The summed E-state index contributed by atoms with van der Waals surface area (Å²) in [5.74, 6) is 1.42. The van der Waals surface area contributed by atoms with Gasteiger partial charge in [0, 0.05) is 32.7 Å². The van der Waals surface area contributed by atoms with Crippen LogP contribution < -0.4 is 15.0 Å². The minimum absolute atomic E-state index is 0.0330. The number of hydrogen-bond donors (Lipinski definition) is 1. The highest BCUT2D eigenvalue weighted by molar-refractivity contribution is 5.91. The van der Waals surface area contributed by atoms with E-state index in [4.69, 9.17) is 4.74 Å². The molecular formula is C26H30N4O2. The van der Waals surface area contributed by atoms with Crippen LogP contribution in [0.4, 0.5) is 11.5 Å². The van der Waals surface area contributed by atoms with Gasteiger partial charge in [-0.1, -0.05) is 48.0 Å². The van der Waals surface area contributed by atoms with Crippen molar-refractivity contribution in [1.29, 1.82) is 0 Å². The van der Waals surface area contributed by atoms with Crippen LogP contribution in [0, 0.1) is 6.92 Å². The quantitative estimate of drug-likeness (QED) is 0.611. The Morgan fingerprint density at radius 2 is 1.78 bits per heavy atom. The first kappa shape index (κ1) is 21.8. The molecule has 0 bridgehead atoms.